The highest BCUT2D eigenvalue weighted by Gasteiger charge is 2.16. The molecule has 2 amide bonds. The van der Waals surface area contributed by atoms with Crippen molar-refractivity contribution >= 4 is 23.5 Å². The number of aliphatic carboxylic acids is 1. The van der Waals surface area contributed by atoms with E-state index in [4.69, 9.17) is 9.84 Å². The van der Waals surface area contributed by atoms with Gasteiger partial charge in [-0.3, -0.25) is 14.4 Å². The van der Waals surface area contributed by atoms with Crippen molar-refractivity contribution in [3.63, 3.8) is 0 Å². The number of carboxylic acid groups (broad SMARTS) is 1. The lowest BCUT2D eigenvalue weighted by atomic mass is 10.1. The van der Waals surface area contributed by atoms with E-state index in [1.165, 1.54) is 0 Å². The van der Waals surface area contributed by atoms with Crippen LogP contribution < -0.4 is 10.6 Å². The summed E-state index contributed by atoms with van der Waals surface area (Å²) in [6.45, 7) is 0.859. The summed E-state index contributed by atoms with van der Waals surface area (Å²) < 4.78 is 5.48. The van der Waals surface area contributed by atoms with Gasteiger partial charge in [0, 0.05) is 30.8 Å². The normalized spacial score (nSPS) is 16.6. The number of ether oxygens (including phenoxy) is 1. The molecule has 1 fully saturated rings. The van der Waals surface area contributed by atoms with Gasteiger partial charge in [-0.25, -0.2) is 0 Å². The summed E-state index contributed by atoms with van der Waals surface area (Å²) in [5, 5.41) is 13.8. The van der Waals surface area contributed by atoms with E-state index in [2.05, 4.69) is 10.6 Å². The molecular weight excluding hydrogens is 312 g/mol. The summed E-state index contributed by atoms with van der Waals surface area (Å²) in [5.41, 5.74) is 1.03. The maximum Gasteiger partial charge on any atom is 0.305 e. The van der Waals surface area contributed by atoms with E-state index in [0.717, 1.165) is 25.9 Å². The Kier molecular flexibility index (Phi) is 6.74. The maximum absolute atomic E-state index is 11.9. The Morgan fingerprint density at radius 3 is 2.54 bits per heavy atom. The minimum Gasteiger partial charge on any atom is -0.481 e. The van der Waals surface area contributed by atoms with Crippen molar-refractivity contribution in [3.05, 3.63) is 29.8 Å². The molecule has 1 aromatic carbocycles. The van der Waals surface area contributed by atoms with Crippen LogP contribution in [-0.4, -0.2) is 42.1 Å². The first-order valence-corrected chi connectivity index (χ1v) is 8.06. The predicted octanol–water partition coefficient (Wildman–Crippen LogP) is 1.79. The molecule has 0 aromatic heterocycles. The van der Waals surface area contributed by atoms with Crippen molar-refractivity contribution in [1.29, 1.82) is 0 Å². The van der Waals surface area contributed by atoms with E-state index in [1.54, 1.807) is 24.3 Å². The molecule has 7 heteroatoms. The molecule has 130 valence electrons. The van der Waals surface area contributed by atoms with Gasteiger partial charge in [0.25, 0.3) is 5.91 Å². The smallest absolute Gasteiger partial charge is 0.305 e. The lowest BCUT2D eigenvalue weighted by Gasteiger charge is -2.10. The zero-order chi connectivity index (χ0) is 17.4. The largest absolute Gasteiger partial charge is 0.481 e. The number of carbonyl (C=O) groups is 3. The van der Waals surface area contributed by atoms with Gasteiger partial charge in [0.15, 0.2) is 0 Å². The third kappa shape index (κ3) is 6.00. The highest BCUT2D eigenvalue weighted by molar-refractivity contribution is 5.95. The number of nitrogens with one attached hydrogen (secondary N) is 2. The van der Waals surface area contributed by atoms with Gasteiger partial charge in [0.05, 0.1) is 12.5 Å². The standard InChI is InChI=1S/C17H22N2O5/c20-15(8-7-14-2-1-11-24-14)19-13-5-3-12(4-6-13)17(23)18-10-9-16(21)22/h3-6,14H,1-2,7-11H2,(H,18,23)(H,19,20)(H,21,22). The van der Waals surface area contributed by atoms with Crippen molar-refractivity contribution in [2.45, 2.75) is 38.2 Å². The maximum atomic E-state index is 11.9. The zero-order valence-electron chi connectivity index (χ0n) is 13.4. The second-order valence-corrected chi connectivity index (χ2v) is 5.70. The third-order valence-corrected chi connectivity index (χ3v) is 3.77. The molecule has 1 aliphatic rings. The molecule has 0 aliphatic carbocycles. The van der Waals surface area contributed by atoms with Crippen LogP contribution in [0.1, 0.15) is 42.5 Å². The van der Waals surface area contributed by atoms with E-state index in [1.807, 2.05) is 0 Å². The molecule has 3 N–H and O–H groups in total. The number of hydrogen-bond acceptors (Lipinski definition) is 4. The quantitative estimate of drug-likeness (QED) is 0.672. The topological polar surface area (TPSA) is 105 Å². The van der Waals surface area contributed by atoms with E-state index in [0.29, 0.717) is 17.7 Å². The Balaban J connectivity index is 1.75. The molecule has 1 unspecified atom stereocenters. The SMILES string of the molecule is O=C(O)CCNC(=O)c1ccc(NC(=O)CCC2CCCO2)cc1. The van der Waals surface area contributed by atoms with Crippen LogP contribution in [0.15, 0.2) is 24.3 Å². The minimum absolute atomic E-state index is 0.0793. The van der Waals surface area contributed by atoms with E-state index >= 15 is 0 Å². The van der Waals surface area contributed by atoms with E-state index in [-0.39, 0.29) is 30.9 Å². The molecule has 1 saturated heterocycles. The number of benzene rings is 1. The Bertz CT molecular complexity index is 579. The van der Waals surface area contributed by atoms with Gasteiger partial charge in [0.2, 0.25) is 5.91 Å². The summed E-state index contributed by atoms with van der Waals surface area (Å²) >= 11 is 0. The highest BCUT2D eigenvalue weighted by Crippen LogP contribution is 2.17. The monoisotopic (exact) mass is 334 g/mol. The fourth-order valence-corrected chi connectivity index (χ4v) is 2.48. The molecule has 2 rings (SSSR count). The summed E-state index contributed by atoms with van der Waals surface area (Å²) in [6.07, 6.45) is 3.26. The summed E-state index contributed by atoms with van der Waals surface area (Å²) in [6, 6.07) is 6.48. The van der Waals surface area contributed by atoms with Gasteiger partial charge in [-0.15, -0.1) is 0 Å². The molecule has 1 atom stereocenters. The van der Waals surface area contributed by atoms with Crippen molar-refractivity contribution in [3.8, 4) is 0 Å². The second kappa shape index (κ2) is 9.02. The molecule has 0 spiro atoms. The minimum atomic E-state index is -0.962. The van der Waals surface area contributed by atoms with E-state index in [9.17, 15) is 14.4 Å². The van der Waals surface area contributed by atoms with Crippen LogP contribution in [0.25, 0.3) is 0 Å². The average molecular weight is 334 g/mol. The molecule has 1 heterocycles. The van der Waals surface area contributed by atoms with Gasteiger partial charge >= 0.3 is 5.97 Å². The summed E-state index contributed by atoms with van der Waals surface area (Å²) in [5.74, 6) is -1.38. The summed E-state index contributed by atoms with van der Waals surface area (Å²) in [4.78, 5) is 34.1. The second-order valence-electron chi connectivity index (χ2n) is 5.70. The highest BCUT2D eigenvalue weighted by atomic mass is 16.5. The first-order chi connectivity index (χ1) is 11.5. The van der Waals surface area contributed by atoms with Crippen LogP contribution in [0.2, 0.25) is 0 Å². The molecule has 0 radical (unpaired) electrons. The Morgan fingerprint density at radius 1 is 1.17 bits per heavy atom. The molecule has 1 aromatic rings. The van der Waals surface area contributed by atoms with Gasteiger partial charge in [-0.05, 0) is 43.5 Å². The van der Waals surface area contributed by atoms with Gasteiger partial charge in [0.1, 0.15) is 0 Å². The first-order valence-electron chi connectivity index (χ1n) is 8.06. The fraction of sp³-hybridized carbons (Fsp3) is 0.471. The van der Waals surface area contributed by atoms with Crippen LogP contribution >= 0.6 is 0 Å². The fourth-order valence-electron chi connectivity index (χ4n) is 2.48. The van der Waals surface area contributed by atoms with Crippen LogP contribution in [-0.2, 0) is 14.3 Å². The Labute approximate surface area is 140 Å². The van der Waals surface area contributed by atoms with Crippen molar-refractivity contribution in [2.24, 2.45) is 0 Å². The number of anilines is 1. The van der Waals surface area contributed by atoms with Gasteiger partial charge < -0.3 is 20.5 Å². The average Bonchev–Trinajstić information content (AvgIpc) is 3.06. The van der Waals surface area contributed by atoms with Crippen LogP contribution in [0, 0.1) is 0 Å². The Morgan fingerprint density at radius 2 is 1.92 bits per heavy atom. The lowest BCUT2D eigenvalue weighted by molar-refractivity contribution is -0.136. The van der Waals surface area contributed by atoms with Crippen LogP contribution in [0.3, 0.4) is 0 Å². The van der Waals surface area contributed by atoms with Crippen LogP contribution in [0.4, 0.5) is 5.69 Å². The number of amides is 2. The molecule has 24 heavy (non-hydrogen) atoms. The van der Waals surface area contributed by atoms with Gasteiger partial charge in [-0.2, -0.15) is 0 Å². The number of hydrogen-bond donors (Lipinski definition) is 3. The van der Waals surface area contributed by atoms with Crippen LogP contribution in [0.5, 0.6) is 0 Å². The number of carbonyl (C=O) groups excluding carboxylic acids is 2. The number of carboxylic acids is 1. The summed E-state index contributed by atoms with van der Waals surface area (Å²) in [7, 11) is 0. The lowest BCUT2D eigenvalue weighted by Crippen LogP contribution is -2.25. The Hall–Kier alpha value is -2.41. The number of rotatable bonds is 8. The molecule has 0 saturated carbocycles. The van der Waals surface area contributed by atoms with Crippen molar-refractivity contribution in [1.82, 2.24) is 5.32 Å². The first kappa shape index (κ1) is 17.9. The third-order valence-electron chi connectivity index (χ3n) is 3.77. The molecular formula is C17H22N2O5. The zero-order valence-corrected chi connectivity index (χ0v) is 13.4. The van der Waals surface area contributed by atoms with E-state index < -0.39 is 5.97 Å². The molecule has 7 nitrogen and oxygen atoms in total. The van der Waals surface area contributed by atoms with Crippen molar-refractivity contribution < 1.29 is 24.2 Å². The van der Waals surface area contributed by atoms with Crippen molar-refractivity contribution in [2.75, 3.05) is 18.5 Å². The van der Waals surface area contributed by atoms with Gasteiger partial charge in [-0.1, -0.05) is 0 Å². The predicted molar refractivity (Wildman–Crippen MR) is 87.9 cm³/mol. The molecule has 1 aliphatic heterocycles. The molecule has 0 bridgehead atoms.